The van der Waals surface area contributed by atoms with Gasteiger partial charge in [0.15, 0.2) is 5.75 Å². The summed E-state index contributed by atoms with van der Waals surface area (Å²) in [7, 11) is 0. The lowest BCUT2D eigenvalue weighted by Gasteiger charge is -2.39. The molecule has 0 spiro atoms. The number of benzene rings is 2. The van der Waals surface area contributed by atoms with Crippen LogP contribution in [0.25, 0.3) is 11.0 Å². The highest BCUT2D eigenvalue weighted by Gasteiger charge is 2.45. The average molecular weight is 446 g/mol. The fourth-order valence-electron chi connectivity index (χ4n) is 3.40. The van der Waals surface area contributed by atoms with Crippen LogP contribution in [0.5, 0.6) is 17.2 Å². The predicted molar refractivity (Wildman–Crippen MR) is 109 cm³/mol. The van der Waals surface area contributed by atoms with E-state index < -0.39 is 48.7 Å². The number of aliphatic hydroxyl groups is 4. The zero-order valence-electron chi connectivity index (χ0n) is 16.7. The molecule has 170 valence electrons. The summed E-state index contributed by atoms with van der Waals surface area (Å²) >= 11 is 0. The Morgan fingerprint density at radius 3 is 2.41 bits per heavy atom. The van der Waals surface area contributed by atoms with E-state index in [0.29, 0.717) is 5.39 Å². The molecule has 5 N–H and O–H groups in total. The molecule has 1 aromatic heterocycles. The smallest absolute Gasteiger partial charge is 0.383 e. The van der Waals surface area contributed by atoms with Crippen LogP contribution in [0, 0.1) is 0 Å². The number of hydrogen-bond acceptors (Lipinski definition) is 10. The molecule has 1 aliphatic heterocycles. The van der Waals surface area contributed by atoms with Crippen molar-refractivity contribution >= 4 is 11.0 Å². The molecule has 10 nitrogen and oxygen atoms in total. The number of fused-ring (bicyclic) bond motifs is 1. The second-order valence-electron chi connectivity index (χ2n) is 7.32. The van der Waals surface area contributed by atoms with E-state index in [9.17, 15) is 30.3 Å². The molecule has 10 heteroatoms. The fourth-order valence-corrected chi connectivity index (χ4v) is 3.40. The first-order valence-corrected chi connectivity index (χ1v) is 9.82. The van der Waals surface area contributed by atoms with Gasteiger partial charge in [-0.05, 0) is 17.7 Å². The zero-order chi connectivity index (χ0) is 22.8. The normalized spacial score (nSPS) is 25.6. The lowest BCUT2D eigenvalue weighted by molar-refractivity contribution is -0.278. The molecule has 5 atom stereocenters. The van der Waals surface area contributed by atoms with E-state index in [0.717, 1.165) is 5.56 Å². The predicted octanol–water partition coefficient (Wildman–Crippen LogP) is 0.256. The minimum atomic E-state index is -1.73. The summed E-state index contributed by atoms with van der Waals surface area (Å²) < 4.78 is 22.0. The van der Waals surface area contributed by atoms with Gasteiger partial charge in [0.1, 0.15) is 42.4 Å². The van der Waals surface area contributed by atoms with Crippen LogP contribution < -0.4 is 15.1 Å². The summed E-state index contributed by atoms with van der Waals surface area (Å²) in [5, 5.41) is 49.6. The molecule has 0 radical (unpaired) electrons. The Morgan fingerprint density at radius 2 is 1.69 bits per heavy atom. The molecule has 4 rings (SSSR count). The van der Waals surface area contributed by atoms with Crippen molar-refractivity contribution in [2.75, 3.05) is 6.61 Å². The van der Waals surface area contributed by atoms with Crippen molar-refractivity contribution in [3.05, 3.63) is 64.5 Å². The Labute approximate surface area is 181 Å². The maximum Gasteiger partial charge on any atom is 0.383 e. The number of aliphatic hydroxyl groups excluding tert-OH is 4. The maximum absolute atomic E-state index is 12.7. The van der Waals surface area contributed by atoms with Gasteiger partial charge in [-0.25, -0.2) is 4.79 Å². The first-order chi connectivity index (χ1) is 15.4. The first-order valence-electron chi connectivity index (χ1n) is 9.82. The van der Waals surface area contributed by atoms with Gasteiger partial charge in [-0.3, -0.25) is 0 Å². The molecule has 2 heterocycles. The maximum atomic E-state index is 12.7. The number of rotatable bonds is 6. The molecular formula is C22H22O10. The average Bonchev–Trinajstić information content (AvgIpc) is 2.79. The second kappa shape index (κ2) is 9.15. The Kier molecular flexibility index (Phi) is 6.31. The molecular weight excluding hydrogens is 424 g/mol. The SMILES string of the molecule is O=c1oc2cc(O)ccc2c(OCc2ccccc2)c1O[C@@H]1O[C@H](CO)[C@@H](O)[C@H](O)[C@H]1O. The van der Waals surface area contributed by atoms with E-state index in [1.165, 1.54) is 18.2 Å². The third-order valence-corrected chi connectivity index (χ3v) is 5.11. The molecule has 1 fully saturated rings. The molecule has 0 bridgehead atoms. The summed E-state index contributed by atoms with van der Waals surface area (Å²) in [5.41, 5.74) is -0.145. The Balaban J connectivity index is 1.73. The van der Waals surface area contributed by atoms with Gasteiger partial charge in [-0.2, -0.15) is 0 Å². The summed E-state index contributed by atoms with van der Waals surface area (Å²) in [6.07, 6.45) is -7.84. The number of ether oxygens (including phenoxy) is 3. The number of hydrogen-bond donors (Lipinski definition) is 5. The fraction of sp³-hybridized carbons (Fsp3) is 0.318. The van der Waals surface area contributed by atoms with Crippen LogP contribution in [0.15, 0.2) is 57.7 Å². The molecule has 2 aromatic carbocycles. The van der Waals surface area contributed by atoms with Crippen LogP contribution in [0.2, 0.25) is 0 Å². The van der Waals surface area contributed by atoms with E-state index in [4.69, 9.17) is 18.6 Å². The highest BCUT2D eigenvalue weighted by Crippen LogP contribution is 2.36. The zero-order valence-corrected chi connectivity index (χ0v) is 16.7. The summed E-state index contributed by atoms with van der Waals surface area (Å²) in [4.78, 5) is 12.7. The standard InChI is InChI=1S/C22H22O10/c23-9-15-16(25)17(26)18(27)22(31-15)32-20-19(29-10-11-4-2-1-3-5-11)13-7-6-12(24)8-14(13)30-21(20)28/h1-8,15-18,22-27H,9-10H2/t15-,16-,17+,18-,22+/m1/s1. The van der Waals surface area contributed by atoms with Gasteiger partial charge in [0.2, 0.25) is 6.29 Å². The highest BCUT2D eigenvalue weighted by atomic mass is 16.7. The highest BCUT2D eigenvalue weighted by molar-refractivity contribution is 5.86. The van der Waals surface area contributed by atoms with Crippen LogP contribution in [-0.2, 0) is 11.3 Å². The van der Waals surface area contributed by atoms with Crippen molar-refractivity contribution in [1.29, 1.82) is 0 Å². The van der Waals surface area contributed by atoms with Gasteiger partial charge in [0, 0.05) is 6.07 Å². The lowest BCUT2D eigenvalue weighted by atomic mass is 9.99. The number of phenolic OH excluding ortho intramolecular Hbond substituents is 1. The topological polar surface area (TPSA) is 159 Å². The minimum Gasteiger partial charge on any atom is -0.508 e. The van der Waals surface area contributed by atoms with Crippen molar-refractivity contribution in [2.24, 2.45) is 0 Å². The van der Waals surface area contributed by atoms with E-state index >= 15 is 0 Å². The summed E-state index contributed by atoms with van der Waals surface area (Å²) in [6, 6.07) is 13.2. The van der Waals surface area contributed by atoms with E-state index in [1.807, 2.05) is 30.3 Å². The van der Waals surface area contributed by atoms with Crippen molar-refractivity contribution in [3.8, 4) is 17.2 Å². The Morgan fingerprint density at radius 1 is 0.938 bits per heavy atom. The lowest BCUT2D eigenvalue weighted by Crippen LogP contribution is -2.60. The van der Waals surface area contributed by atoms with E-state index in [1.54, 1.807) is 0 Å². The van der Waals surface area contributed by atoms with Gasteiger partial charge in [-0.15, -0.1) is 0 Å². The van der Waals surface area contributed by atoms with Crippen molar-refractivity contribution in [2.45, 2.75) is 37.3 Å². The molecule has 1 aliphatic rings. The van der Waals surface area contributed by atoms with Gasteiger partial charge in [-0.1, -0.05) is 30.3 Å². The molecule has 32 heavy (non-hydrogen) atoms. The van der Waals surface area contributed by atoms with Gasteiger partial charge in [0.25, 0.3) is 5.75 Å². The van der Waals surface area contributed by atoms with Crippen molar-refractivity contribution < 1.29 is 44.2 Å². The molecule has 1 saturated heterocycles. The Bertz CT molecular complexity index is 1130. The largest absolute Gasteiger partial charge is 0.508 e. The van der Waals surface area contributed by atoms with Crippen LogP contribution in [0.4, 0.5) is 0 Å². The van der Waals surface area contributed by atoms with Crippen molar-refractivity contribution in [1.82, 2.24) is 0 Å². The molecule has 3 aromatic rings. The Hall–Kier alpha value is -3.15. The van der Waals surface area contributed by atoms with E-state index in [-0.39, 0.29) is 23.7 Å². The first kappa shape index (κ1) is 22.1. The van der Waals surface area contributed by atoms with E-state index in [2.05, 4.69) is 0 Å². The van der Waals surface area contributed by atoms with Crippen LogP contribution >= 0.6 is 0 Å². The quantitative estimate of drug-likeness (QED) is 0.332. The number of phenols is 1. The van der Waals surface area contributed by atoms with Gasteiger partial charge in [0.05, 0.1) is 12.0 Å². The molecule has 0 saturated carbocycles. The number of aromatic hydroxyl groups is 1. The monoisotopic (exact) mass is 446 g/mol. The van der Waals surface area contributed by atoms with Crippen LogP contribution in [0.1, 0.15) is 5.56 Å². The molecule has 0 amide bonds. The van der Waals surface area contributed by atoms with Gasteiger partial charge >= 0.3 is 5.63 Å². The third kappa shape index (κ3) is 4.27. The van der Waals surface area contributed by atoms with Crippen LogP contribution in [0.3, 0.4) is 0 Å². The van der Waals surface area contributed by atoms with Gasteiger partial charge < -0.3 is 44.2 Å². The second-order valence-corrected chi connectivity index (χ2v) is 7.32. The summed E-state index contributed by atoms with van der Waals surface area (Å²) in [5.74, 6) is -0.599. The van der Waals surface area contributed by atoms with Crippen LogP contribution in [-0.4, -0.2) is 62.8 Å². The molecule has 0 unspecified atom stereocenters. The van der Waals surface area contributed by atoms with Crippen molar-refractivity contribution in [3.63, 3.8) is 0 Å². The summed E-state index contributed by atoms with van der Waals surface area (Å²) in [6.45, 7) is -0.598. The molecule has 0 aliphatic carbocycles. The third-order valence-electron chi connectivity index (χ3n) is 5.11. The minimum absolute atomic E-state index is 0.0305.